The molecule has 1 aromatic rings. The van der Waals surface area contributed by atoms with Gasteiger partial charge in [0.25, 0.3) is 5.91 Å². The van der Waals surface area contributed by atoms with Crippen molar-refractivity contribution in [3.63, 3.8) is 0 Å². The molecule has 1 amide bonds. The SMILES string of the molecule is Cc1ccc(C(=O)N2C3CCC2CC(Br)C3)o1. The molecule has 2 saturated heterocycles. The van der Waals surface area contributed by atoms with E-state index in [9.17, 15) is 4.79 Å². The predicted molar refractivity (Wildman–Crippen MR) is 68.4 cm³/mol. The first-order chi connectivity index (χ1) is 8.15. The van der Waals surface area contributed by atoms with Crippen LogP contribution in [0, 0.1) is 6.92 Å². The maximum atomic E-state index is 12.4. The van der Waals surface area contributed by atoms with Gasteiger partial charge in [-0.25, -0.2) is 0 Å². The minimum atomic E-state index is 0.0741. The predicted octanol–water partition coefficient (Wildman–Crippen LogP) is 3.12. The number of rotatable bonds is 1. The van der Waals surface area contributed by atoms with Gasteiger partial charge in [-0.1, -0.05) is 15.9 Å². The van der Waals surface area contributed by atoms with Crippen LogP contribution in [0.1, 0.15) is 42.0 Å². The molecule has 92 valence electrons. The van der Waals surface area contributed by atoms with Crippen molar-refractivity contribution in [2.24, 2.45) is 0 Å². The molecule has 2 unspecified atom stereocenters. The Morgan fingerprint density at radius 2 is 2.00 bits per heavy atom. The molecule has 0 saturated carbocycles. The average Bonchev–Trinajstić information content (AvgIpc) is 2.81. The third-order valence-electron chi connectivity index (χ3n) is 3.86. The molecule has 0 aromatic carbocycles. The van der Waals surface area contributed by atoms with E-state index < -0.39 is 0 Å². The zero-order chi connectivity index (χ0) is 12.0. The summed E-state index contributed by atoms with van der Waals surface area (Å²) in [5, 5.41) is 0. The van der Waals surface area contributed by atoms with Gasteiger partial charge in [-0.3, -0.25) is 4.79 Å². The van der Waals surface area contributed by atoms with Crippen LogP contribution in [0.2, 0.25) is 0 Å². The molecule has 0 N–H and O–H groups in total. The van der Waals surface area contributed by atoms with Gasteiger partial charge in [0.15, 0.2) is 5.76 Å². The van der Waals surface area contributed by atoms with Gasteiger partial charge < -0.3 is 9.32 Å². The first-order valence-electron chi connectivity index (χ1n) is 6.18. The normalized spacial score (nSPS) is 31.9. The summed E-state index contributed by atoms with van der Waals surface area (Å²) in [7, 11) is 0. The van der Waals surface area contributed by atoms with E-state index in [1.165, 1.54) is 0 Å². The first-order valence-corrected chi connectivity index (χ1v) is 7.10. The summed E-state index contributed by atoms with van der Waals surface area (Å²) in [6.07, 6.45) is 4.42. The van der Waals surface area contributed by atoms with E-state index in [1.807, 2.05) is 13.0 Å². The number of alkyl halides is 1. The Hall–Kier alpha value is -0.770. The summed E-state index contributed by atoms with van der Waals surface area (Å²) in [6, 6.07) is 4.44. The molecule has 0 spiro atoms. The number of amides is 1. The molecular weight excluding hydrogens is 282 g/mol. The van der Waals surface area contributed by atoms with Gasteiger partial charge in [-0.15, -0.1) is 0 Å². The lowest BCUT2D eigenvalue weighted by Gasteiger charge is -2.36. The van der Waals surface area contributed by atoms with Crippen molar-refractivity contribution < 1.29 is 9.21 Å². The largest absolute Gasteiger partial charge is 0.456 e. The van der Waals surface area contributed by atoms with E-state index in [4.69, 9.17) is 4.42 Å². The fourth-order valence-electron chi connectivity index (χ4n) is 3.12. The molecule has 2 aliphatic rings. The number of carbonyl (C=O) groups is 1. The standard InChI is InChI=1S/C13H16BrNO2/c1-8-2-5-12(17-8)13(16)15-10-3-4-11(15)7-9(14)6-10/h2,5,9-11H,3-4,6-7H2,1H3. The smallest absolute Gasteiger partial charge is 0.290 e. The van der Waals surface area contributed by atoms with Gasteiger partial charge >= 0.3 is 0 Å². The van der Waals surface area contributed by atoms with Crippen LogP contribution in [0.3, 0.4) is 0 Å². The van der Waals surface area contributed by atoms with Crippen molar-refractivity contribution in [3.8, 4) is 0 Å². The second kappa shape index (κ2) is 4.16. The Morgan fingerprint density at radius 3 is 2.53 bits per heavy atom. The van der Waals surface area contributed by atoms with E-state index in [1.54, 1.807) is 6.07 Å². The highest BCUT2D eigenvalue weighted by molar-refractivity contribution is 9.09. The fraction of sp³-hybridized carbons (Fsp3) is 0.615. The molecule has 0 aliphatic carbocycles. The van der Waals surface area contributed by atoms with Crippen molar-refractivity contribution in [1.29, 1.82) is 0 Å². The molecule has 3 heterocycles. The average molecular weight is 298 g/mol. The number of hydrogen-bond acceptors (Lipinski definition) is 2. The van der Waals surface area contributed by atoms with Gasteiger partial charge in [0.1, 0.15) is 5.76 Å². The molecule has 2 atom stereocenters. The molecule has 3 rings (SSSR count). The molecule has 4 heteroatoms. The second-order valence-corrected chi connectivity index (χ2v) is 6.37. The van der Waals surface area contributed by atoms with Crippen LogP contribution >= 0.6 is 15.9 Å². The molecule has 3 nitrogen and oxygen atoms in total. The van der Waals surface area contributed by atoms with Gasteiger partial charge in [0.2, 0.25) is 0 Å². The van der Waals surface area contributed by atoms with Gasteiger partial charge in [0.05, 0.1) is 0 Å². The topological polar surface area (TPSA) is 33.5 Å². The van der Waals surface area contributed by atoms with E-state index >= 15 is 0 Å². The van der Waals surface area contributed by atoms with Crippen LogP contribution in [0.15, 0.2) is 16.5 Å². The summed E-state index contributed by atoms with van der Waals surface area (Å²) in [5.74, 6) is 1.37. The van der Waals surface area contributed by atoms with Gasteiger partial charge in [-0.2, -0.15) is 0 Å². The summed E-state index contributed by atoms with van der Waals surface area (Å²) >= 11 is 3.68. The van der Waals surface area contributed by atoms with Crippen molar-refractivity contribution >= 4 is 21.8 Å². The van der Waals surface area contributed by atoms with E-state index in [0.29, 0.717) is 22.7 Å². The van der Waals surface area contributed by atoms with Gasteiger partial charge in [-0.05, 0) is 44.7 Å². The molecule has 2 aliphatic heterocycles. The summed E-state index contributed by atoms with van der Waals surface area (Å²) in [6.45, 7) is 1.87. The fourth-order valence-corrected chi connectivity index (χ4v) is 3.98. The lowest BCUT2D eigenvalue weighted by Crippen LogP contribution is -2.46. The number of piperidine rings is 1. The van der Waals surface area contributed by atoms with E-state index in [0.717, 1.165) is 31.4 Å². The third-order valence-corrected chi connectivity index (χ3v) is 4.61. The Labute approximate surface area is 109 Å². The minimum absolute atomic E-state index is 0.0741. The highest BCUT2D eigenvalue weighted by Crippen LogP contribution is 2.39. The number of hydrogen-bond donors (Lipinski definition) is 0. The van der Waals surface area contributed by atoms with Crippen LogP contribution in [-0.2, 0) is 0 Å². The Morgan fingerprint density at radius 1 is 1.35 bits per heavy atom. The van der Waals surface area contributed by atoms with Crippen molar-refractivity contribution in [3.05, 3.63) is 23.7 Å². The molecule has 0 radical (unpaired) electrons. The van der Waals surface area contributed by atoms with E-state index in [-0.39, 0.29) is 5.91 Å². The van der Waals surface area contributed by atoms with Gasteiger partial charge in [0, 0.05) is 16.9 Å². The maximum Gasteiger partial charge on any atom is 0.290 e. The van der Waals surface area contributed by atoms with Crippen LogP contribution in [0.5, 0.6) is 0 Å². The molecule has 2 bridgehead atoms. The highest BCUT2D eigenvalue weighted by atomic mass is 79.9. The number of nitrogens with zero attached hydrogens (tertiary/aromatic N) is 1. The highest BCUT2D eigenvalue weighted by Gasteiger charge is 2.43. The Balaban J connectivity index is 1.83. The molecular formula is C13H16BrNO2. The van der Waals surface area contributed by atoms with Crippen molar-refractivity contribution in [2.45, 2.75) is 49.5 Å². The van der Waals surface area contributed by atoms with Crippen molar-refractivity contribution in [1.82, 2.24) is 4.90 Å². The maximum absolute atomic E-state index is 12.4. The van der Waals surface area contributed by atoms with Crippen molar-refractivity contribution in [2.75, 3.05) is 0 Å². The first kappa shape index (κ1) is 11.3. The lowest BCUT2D eigenvalue weighted by molar-refractivity contribution is 0.0569. The van der Waals surface area contributed by atoms with Crippen LogP contribution in [-0.4, -0.2) is 27.7 Å². The Bertz CT molecular complexity index is 428. The monoisotopic (exact) mass is 297 g/mol. The molecule has 2 fully saturated rings. The zero-order valence-corrected chi connectivity index (χ0v) is 11.4. The second-order valence-electron chi connectivity index (χ2n) is 5.08. The third kappa shape index (κ3) is 1.92. The van der Waals surface area contributed by atoms with Crippen LogP contribution in [0.25, 0.3) is 0 Å². The minimum Gasteiger partial charge on any atom is -0.456 e. The summed E-state index contributed by atoms with van der Waals surface area (Å²) in [5.41, 5.74) is 0. The number of halogens is 1. The quantitative estimate of drug-likeness (QED) is 0.746. The Kier molecular flexibility index (Phi) is 2.77. The number of furan rings is 1. The molecule has 1 aromatic heterocycles. The van der Waals surface area contributed by atoms with Crippen LogP contribution < -0.4 is 0 Å². The number of aryl methyl sites for hydroxylation is 1. The summed E-state index contributed by atoms with van der Waals surface area (Å²) in [4.78, 5) is 15.0. The molecule has 17 heavy (non-hydrogen) atoms. The zero-order valence-electron chi connectivity index (χ0n) is 9.86. The number of fused-ring (bicyclic) bond motifs is 2. The van der Waals surface area contributed by atoms with Crippen LogP contribution in [0.4, 0.5) is 0 Å². The summed E-state index contributed by atoms with van der Waals surface area (Å²) < 4.78 is 5.45. The number of carbonyl (C=O) groups excluding carboxylic acids is 1. The lowest BCUT2D eigenvalue weighted by atomic mass is 10.0. The van der Waals surface area contributed by atoms with E-state index in [2.05, 4.69) is 20.8 Å².